The maximum absolute atomic E-state index is 11.2. The maximum atomic E-state index is 11.2. The fraction of sp³-hybridized carbons (Fsp3) is 0.312. The van der Waals surface area contributed by atoms with Crippen molar-refractivity contribution in [3.63, 3.8) is 0 Å². The number of carbonyl (C=O) groups is 1. The number of rotatable bonds is 1. The van der Waals surface area contributed by atoms with Gasteiger partial charge in [0.1, 0.15) is 0 Å². The van der Waals surface area contributed by atoms with Gasteiger partial charge in [-0.25, -0.2) is 0 Å². The van der Waals surface area contributed by atoms with Gasteiger partial charge in [0.2, 0.25) is 0 Å². The number of hydrogen-bond acceptors (Lipinski definition) is 4. The molecule has 0 amide bonds. The first kappa shape index (κ1) is 14.8. The number of halogens is 1. The Balaban J connectivity index is 0.00000144. The maximum Gasteiger partial charge on any atom is 0.308 e. The van der Waals surface area contributed by atoms with Gasteiger partial charge in [-0.1, -0.05) is 0 Å². The van der Waals surface area contributed by atoms with Crippen molar-refractivity contribution in [3.8, 4) is 0 Å². The highest BCUT2D eigenvalue weighted by Crippen LogP contribution is 2.29. The molecule has 6 heteroatoms. The van der Waals surface area contributed by atoms with E-state index < -0.39 is 5.97 Å². The molecule has 1 aromatic carbocycles. The van der Waals surface area contributed by atoms with Crippen molar-refractivity contribution in [2.24, 2.45) is 21.8 Å². The molecule has 5 nitrogen and oxygen atoms in total. The number of hydrogen-bond donors (Lipinski definition) is 2. The Hall–Kier alpha value is -2.14. The summed E-state index contributed by atoms with van der Waals surface area (Å²) in [6.45, 7) is 0.484. The lowest BCUT2D eigenvalue weighted by Crippen LogP contribution is -2.40. The molecule has 3 heterocycles. The van der Waals surface area contributed by atoms with Crippen LogP contribution in [0.15, 0.2) is 28.3 Å². The van der Waals surface area contributed by atoms with Crippen molar-refractivity contribution in [2.45, 2.75) is 12.8 Å². The standard InChI is InChI=1S/C16H15N3O2.ClH/c20-16(21)11-5-10-2-4-18-14-7-13-9(1-3-17-13)6-12(14)15(10)19-8-11;/h1,3-4,6-7,10-11,19H,2,5,8H2,(H,20,21);1H. The van der Waals surface area contributed by atoms with Crippen LogP contribution in [0.4, 0.5) is 5.69 Å². The Morgan fingerprint density at radius 3 is 3.05 bits per heavy atom. The number of fused-ring (bicyclic) bond motifs is 3. The molecular formula is C16H16ClN3O2. The lowest BCUT2D eigenvalue weighted by molar-refractivity contribution is -0.142. The van der Waals surface area contributed by atoms with E-state index in [-0.39, 0.29) is 24.2 Å². The van der Waals surface area contributed by atoms with Gasteiger partial charge in [-0.3, -0.25) is 14.8 Å². The lowest BCUT2D eigenvalue weighted by Gasteiger charge is -2.30. The van der Waals surface area contributed by atoms with Crippen LogP contribution in [0.3, 0.4) is 0 Å². The first-order valence-corrected chi connectivity index (χ1v) is 7.14. The fourth-order valence-electron chi connectivity index (χ4n) is 3.28. The Morgan fingerprint density at radius 1 is 1.36 bits per heavy atom. The summed E-state index contributed by atoms with van der Waals surface area (Å²) in [5.74, 6) is -0.845. The van der Waals surface area contributed by atoms with Crippen molar-refractivity contribution in [1.82, 2.24) is 5.32 Å². The minimum atomic E-state index is -0.723. The second kappa shape index (κ2) is 5.57. The van der Waals surface area contributed by atoms with E-state index in [2.05, 4.69) is 21.4 Å². The number of nitrogens with zero attached hydrogens (tertiary/aromatic N) is 2. The van der Waals surface area contributed by atoms with E-state index in [0.29, 0.717) is 13.0 Å². The molecule has 1 fully saturated rings. The zero-order chi connectivity index (χ0) is 14.4. The van der Waals surface area contributed by atoms with E-state index >= 15 is 0 Å². The zero-order valence-electron chi connectivity index (χ0n) is 11.8. The molecule has 1 saturated heterocycles. The third-order valence-corrected chi connectivity index (χ3v) is 4.39. The zero-order valence-corrected chi connectivity index (χ0v) is 12.6. The average Bonchev–Trinajstić information content (AvgIpc) is 2.85. The lowest BCUT2D eigenvalue weighted by atomic mass is 9.85. The van der Waals surface area contributed by atoms with Crippen molar-refractivity contribution >= 4 is 42.1 Å². The van der Waals surface area contributed by atoms with Crippen molar-refractivity contribution in [3.05, 3.63) is 34.5 Å². The number of aliphatic carboxylic acids is 1. The van der Waals surface area contributed by atoms with Crippen LogP contribution in [-0.2, 0) is 4.79 Å². The van der Waals surface area contributed by atoms with Crippen molar-refractivity contribution in [2.75, 3.05) is 6.54 Å². The quantitative estimate of drug-likeness (QED) is 0.818. The van der Waals surface area contributed by atoms with Crippen molar-refractivity contribution < 1.29 is 9.90 Å². The van der Waals surface area contributed by atoms with E-state index in [1.165, 1.54) is 0 Å². The highest BCUT2D eigenvalue weighted by molar-refractivity contribution is 5.85. The van der Waals surface area contributed by atoms with E-state index in [1.54, 1.807) is 6.20 Å². The molecule has 0 aromatic heterocycles. The summed E-state index contributed by atoms with van der Waals surface area (Å²) in [6.07, 6.45) is 7.13. The fourth-order valence-corrected chi connectivity index (χ4v) is 3.28. The average molecular weight is 318 g/mol. The number of carboxylic acids is 1. The second-order valence-corrected chi connectivity index (χ2v) is 5.68. The minimum Gasteiger partial charge on any atom is -0.481 e. The molecule has 0 saturated carbocycles. The Labute approximate surface area is 133 Å². The summed E-state index contributed by atoms with van der Waals surface area (Å²) in [5.41, 5.74) is 3.14. The van der Waals surface area contributed by atoms with Gasteiger partial charge >= 0.3 is 5.97 Å². The van der Waals surface area contributed by atoms with Crippen molar-refractivity contribution in [1.29, 1.82) is 0 Å². The predicted octanol–water partition coefficient (Wildman–Crippen LogP) is 1.24. The minimum absolute atomic E-state index is 0. The molecule has 22 heavy (non-hydrogen) atoms. The van der Waals surface area contributed by atoms with Gasteiger partial charge < -0.3 is 10.4 Å². The van der Waals surface area contributed by atoms with E-state index in [4.69, 9.17) is 0 Å². The summed E-state index contributed by atoms with van der Waals surface area (Å²) < 4.78 is 0. The smallest absolute Gasteiger partial charge is 0.308 e. The summed E-state index contributed by atoms with van der Waals surface area (Å²) in [7, 11) is 0. The molecule has 2 atom stereocenters. The topological polar surface area (TPSA) is 74.0 Å². The summed E-state index contributed by atoms with van der Waals surface area (Å²) in [4.78, 5) is 20.1. The Kier molecular flexibility index (Phi) is 3.74. The van der Waals surface area contributed by atoms with Crippen LogP contribution in [0.25, 0.3) is 11.8 Å². The molecule has 2 N–H and O–H groups in total. The Morgan fingerprint density at radius 2 is 2.23 bits per heavy atom. The van der Waals surface area contributed by atoms with E-state index in [0.717, 1.165) is 33.9 Å². The summed E-state index contributed by atoms with van der Waals surface area (Å²) >= 11 is 0. The molecule has 0 radical (unpaired) electrons. The third kappa shape index (κ3) is 2.31. The monoisotopic (exact) mass is 317 g/mol. The molecule has 1 aromatic rings. The highest BCUT2D eigenvalue weighted by Gasteiger charge is 2.31. The third-order valence-electron chi connectivity index (χ3n) is 4.39. The number of carboxylic acid groups (broad SMARTS) is 1. The van der Waals surface area contributed by atoms with Gasteiger partial charge in [-0.15, -0.1) is 12.4 Å². The van der Waals surface area contributed by atoms with Crippen LogP contribution in [-0.4, -0.2) is 23.8 Å². The number of piperidine rings is 1. The van der Waals surface area contributed by atoms with Crippen LogP contribution in [0.1, 0.15) is 18.4 Å². The van der Waals surface area contributed by atoms with Gasteiger partial charge in [0, 0.05) is 41.4 Å². The van der Waals surface area contributed by atoms with Crippen LogP contribution in [0, 0.1) is 11.8 Å². The largest absolute Gasteiger partial charge is 0.481 e. The molecule has 3 aliphatic heterocycles. The highest BCUT2D eigenvalue weighted by atomic mass is 35.5. The second-order valence-electron chi connectivity index (χ2n) is 5.68. The number of nitrogens with one attached hydrogen (secondary N) is 1. The van der Waals surface area contributed by atoms with Gasteiger partial charge in [-0.2, -0.15) is 0 Å². The molecule has 0 spiro atoms. The van der Waals surface area contributed by atoms with Crippen LogP contribution < -0.4 is 15.9 Å². The van der Waals surface area contributed by atoms with Crippen LogP contribution >= 0.6 is 12.4 Å². The van der Waals surface area contributed by atoms with E-state index in [9.17, 15) is 9.90 Å². The molecule has 0 bridgehead atoms. The molecular weight excluding hydrogens is 302 g/mol. The van der Waals surface area contributed by atoms with Gasteiger partial charge in [0.05, 0.1) is 17.0 Å². The molecule has 3 aliphatic rings. The molecule has 114 valence electrons. The summed E-state index contributed by atoms with van der Waals surface area (Å²) in [6, 6.07) is 4.11. The number of aliphatic imine (C=N–C) groups is 1. The first-order chi connectivity index (χ1) is 10.2. The Bertz CT molecular complexity index is 813. The first-order valence-electron chi connectivity index (χ1n) is 7.14. The number of benzene rings is 1. The van der Waals surface area contributed by atoms with E-state index in [1.807, 2.05) is 18.4 Å². The van der Waals surface area contributed by atoms with Gasteiger partial charge in [0.15, 0.2) is 0 Å². The summed E-state index contributed by atoms with van der Waals surface area (Å²) in [5, 5.41) is 14.6. The van der Waals surface area contributed by atoms with Gasteiger partial charge in [-0.05, 0) is 31.1 Å². The van der Waals surface area contributed by atoms with Crippen LogP contribution in [0.5, 0.6) is 0 Å². The molecule has 4 rings (SSSR count). The molecule has 0 aliphatic carbocycles. The van der Waals surface area contributed by atoms with Gasteiger partial charge in [0.25, 0.3) is 0 Å². The normalized spacial score (nSPS) is 24.1. The predicted molar refractivity (Wildman–Crippen MR) is 86.9 cm³/mol. The SMILES string of the molecule is Cl.O=C(O)C1CNC2=c3cc4c(cc3N=CCC2C1)=NC=C4. The van der Waals surface area contributed by atoms with Crippen LogP contribution in [0.2, 0.25) is 0 Å². The molecule has 2 unspecified atom stereocenters.